The van der Waals surface area contributed by atoms with E-state index >= 15 is 0 Å². The fourth-order valence-corrected chi connectivity index (χ4v) is 3.41. The summed E-state index contributed by atoms with van der Waals surface area (Å²) in [6, 6.07) is 4.75. The summed E-state index contributed by atoms with van der Waals surface area (Å²) >= 11 is 0. The molecule has 1 aliphatic carbocycles. The Balaban J connectivity index is 1.53. The molecule has 0 bridgehead atoms. The lowest BCUT2D eigenvalue weighted by Crippen LogP contribution is -2.35. The van der Waals surface area contributed by atoms with Crippen LogP contribution in [0.4, 0.5) is 4.39 Å². The third-order valence-electron chi connectivity index (χ3n) is 5.14. The van der Waals surface area contributed by atoms with Crippen molar-refractivity contribution in [1.29, 1.82) is 0 Å². The standard InChI is InChI=1S/C20H22FN5O2/c1-11-8-14(4-7-16(11)21)12(2)23-18(27)10-25-20(28)19-13(3)24-26(15-5-6-15)17(19)9-22-25/h4,7-9,12,15H,5-6,10H2,1-3H3,(H,23,27). The lowest BCUT2D eigenvalue weighted by molar-refractivity contribution is -0.122. The van der Waals surface area contributed by atoms with Gasteiger partial charge in [-0.1, -0.05) is 12.1 Å². The van der Waals surface area contributed by atoms with Gasteiger partial charge in [-0.2, -0.15) is 10.2 Å². The van der Waals surface area contributed by atoms with Crippen molar-refractivity contribution < 1.29 is 9.18 Å². The maximum atomic E-state index is 13.4. The van der Waals surface area contributed by atoms with Crippen molar-refractivity contribution in [3.8, 4) is 0 Å². The van der Waals surface area contributed by atoms with E-state index in [0.717, 1.165) is 28.6 Å². The van der Waals surface area contributed by atoms with E-state index in [2.05, 4.69) is 15.5 Å². The van der Waals surface area contributed by atoms with Gasteiger partial charge in [0.25, 0.3) is 5.56 Å². The number of rotatable bonds is 5. The smallest absolute Gasteiger partial charge is 0.278 e. The van der Waals surface area contributed by atoms with Crippen LogP contribution in [0.25, 0.3) is 10.9 Å². The molecule has 2 heterocycles. The maximum absolute atomic E-state index is 13.4. The van der Waals surface area contributed by atoms with E-state index in [1.807, 2.05) is 11.6 Å². The number of fused-ring (bicyclic) bond motifs is 1. The molecule has 8 heteroatoms. The van der Waals surface area contributed by atoms with Crippen LogP contribution in [-0.4, -0.2) is 25.5 Å². The first-order valence-electron chi connectivity index (χ1n) is 9.35. The van der Waals surface area contributed by atoms with Gasteiger partial charge in [0.15, 0.2) is 0 Å². The number of carbonyl (C=O) groups is 1. The number of hydrogen-bond donors (Lipinski definition) is 1. The zero-order valence-electron chi connectivity index (χ0n) is 16.1. The highest BCUT2D eigenvalue weighted by molar-refractivity contribution is 5.81. The zero-order chi connectivity index (χ0) is 20.0. The van der Waals surface area contributed by atoms with E-state index in [9.17, 15) is 14.0 Å². The lowest BCUT2D eigenvalue weighted by atomic mass is 10.1. The van der Waals surface area contributed by atoms with E-state index in [1.165, 1.54) is 6.07 Å². The Labute approximate surface area is 161 Å². The van der Waals surface area contributed by atoms with Crippen LogP contribution < -0.4 is 10.9 Å². The molecule has 146 valence electrons. The number of aryl methyl sites for hydroxylation is 2. The summed E-state index contributed by atoms with van der Waals surface area (Å²) in [7, 11) is 0. The summed E-state index contributed by atoms with van der Waals surface area (Å²) in [5, 5.41) is 12.0. The fraction of sp³-hybridized carbons (Fsp3) is 0.400. The minimum Gasteiger partial charge on any atom is -0.348 e. The van der Waals surface area contributed by atoms with Gasteiger partial charge in [0.1, 0.15) is 12.4 Å². The molecule has 1 aromatic carbocycles. The molecule has 2 aromatic heterocycles. The van der Waals surface area contributed by atoms with Crippen molar-refractivity contribution in [3.63, 3.8) is 0 Å². The molecule has 1 fully saturated rings. The van der Waals surface area contributed by atoms with Crippen molar-refractivity contribution in [2.75, 3.05) is 0 Å². The molecule has 1 saturated carbocycles. The van der Waals surface area contributed by atoms with Crippen molar-refractivity contribution in [2.24, 2.45) is 0 Å². The van der Waals surface area contributed by atoms with E-state index in [-0.39, 0.29) is 29.9 Å². The highest BCUT2D eigenvalue weighted by Crippen LogP contribution is 2.36. The Morgan fingerprint density at radius 3 is 2.79 bits per heavy atom. The molecule has 0 spiro atoms. The van der Waals surface area contributed by atoms with E-state index in [0.29, 0.717) is 22.7 Å². The molecule has 28 heavy (non-hydrogen) atoms. The van der Waals surface area contributed by atoms with Gasteiger partial charge in [-0.15, -0.1) is 0 Å². The number of aromatic nitrogens is 4. The first-order valence-corrected chi connectivity index (χ1v) is 9.35. The quantitative estimate of drug-likeness (QED) is 0.734. The van der Waals surface area contributed by atoms with E-state index < -0.39 is 0 Å². The number of amides is 1. The minimum atomic E-state index is -0.337. The number of nitrogens with one attached hydrogen (secondary N) is 1. The Hall–Kier alpha value is -3.03. The first kappa shape index (κ1) is 18.3. The van der Waals surface area contributed by atoms with Crippen LogP contribution in [0.3, 0.4) is 0 Å². The molecule has 1 amide bonds. The molecule has 1 unspecified atom stereocenters. The van der Waals surface area contributed by atoms with Gasteiger partial charge >= 0.3 is 0 Å². The van der Waals surface area contributed by atoms with Gasteiger partial charge in [-0.05, 0) is 50.8 Å². The zero-order valence-corrected chi connectivity index (χ0v) is 16.1. The van der Waals surface area contributed by atoms with Gasteiger partial charge in [-0.3, -0.25) is 14.3 Å². The summed E-state index contributed by atoms with van der Waals surface area (Å²) in [6.07, 6.45) is 3.72. The number of benzene rings is 1. The topological polar surface area (TPSA) is 81.8 Å². The maximum Gasteiger partial charge on any atom is 0.278 e. The number of carbonyl (C=O) groups excluding carboxylic acids is 1. The molecule has 0 radical (unpaired) electrons. The summed E-state index contributed by atoms with van der Waals surface area (Å²) in [4.78, 5) is 25.2. The second-order valence-corrected chi connectivity index (χ2v) is 7.43. The Kier molecular flexibility index (Phi) is 4.49. The molecule has 7 nitrogen and oxygen atoms in total. The van der Waals surface area contributed by atoms with Gasteiger partial charge in [0, 0.05) is 0 Å². The van der Waals surface area contributed by atoms with Crippen LogP contribution in [0.15, 0.2) is 29.2 Å². The average molecular weight is 383 g/mol. The minimum absolute atomic E-state index is 0.187. The largest absolute Gasteiger partial charge is 0.348 e. The second kappa shape index (κ2) is 6.85. The highest BCUT2D eigenvalue weighted by Gasteiger charge is 2.28. The van der Waals surface area contributed by atoms with Gasteiger partial charge in [-0.25, -0.2) is 9.07 Å². The number of hydrogen-bond acceptors (Lipinski definition) is 4. The monoisotopic (exact) mass is 383 g/mol. The van der Waals surface area contributed by atoms with E-state index in [4.69, 9.17) is 0 Å². The summed E-state index contributed by atoms with van der Waals surface area (Å²) in [5.41, 5.74) is 2.37. The predicted molar refractivity (Wildman–Crippen MR) is 102 cm³/mol. The SMILES string of the molecule is Cc1cc(C(C)NC(=O)Cn2ncc3c(c(C)nn3C3CC3)c2=O)ccc1F. The number of halogens is 1. The molecule has 0 aliphatic heterocycles. The summed E-state index contributed by atoms with van der Waals surface area (Å²) in [5.74, 6) is -0.621. The van der Waals surface area contributed by atoms with Gasteiger partial charge in [0.2, 0.25) is 5.91 Å². The Bertz CT molecular complexity index is 1130. The summed E-state index contributed by atoms with van der Waals surface area (Å²) < 4.78 is 16.5. The molecule has 4 rings (SSSR count). The normalized spacial score (nSPS) is 15.0. The van der Waals surface area contributed by atoms with E-state index in [1.54, 1.807) is 32.2 Å². The summed E-state index contributed by atoms with van der Waals surface area (Å²) in [6.45, 7) is 5.10. The molecule has 1 N–H and O–H groups in total. The van der Waals surface area contributed by atoms with Gasteiger partial charge in [0.05, 0.1) is 34.9 Å². The van der Waals surface area contributed by atoms with Crippen LogP contribution in [-0.2, 0) is 11.3 Å². The molecule has 0 saturated heterocycles. The van der Waals surface area contributed by atoms with Gasteiger partial charge < -0.3 is 5.32 Å². The van der Waals surface area contributed by atoms with Crippen LogP contribution in [0.2, 0.25) is 0 Å². The van der Waals surface area contributed by atoms with Crippen molar-refractivity contribution in [1.82, 2.24) is 24.9 Å². The molecule has 1 aliphatic rings. The highest BCUT2D eigenvalue weighted by atomic mass is 19.1. The first-order chi connectivity index (χ1) is 13.3. The predicted octanol–water partition coefficient (Wildman–Crippen LogP) is 2.56. The molecule has 1 atom stereocenters. The average Bonchev–Trinajstić information content (AvgIpc) is 3.43. The lowest BCUT2D eigenvalue weighted by Gasteiger charge is -2.15. The molecular formula is C20H22FN5O2. The van der Waals surface area contributed by atoms with Crippen molar-refractivity contribution in [3.05, 3.63) is 57.4 Å². The van der Waals surface area contributed by atoms with Crippen LogP contribution in [0.1, 0.15) is 48.7 Å². The van der Waals surface area contributed by atoms with Crippen LogP contribution >= 0.6 is 0 Å². The molecular weight excluding hydrogens is 361 g/mol. The third-order valence-corrected chi connectivity index (χ3v) is 5.14. The number of nitrogens with zero attached hydrogens (tertiary/aromatic N) is 4. The van der Waals surface area contributed by atoms with Crippen LogP contribution in [0, 0.1) is 19.7 Å². The molecule has 3 aromatic rings. The Morgan fingerprint density at radius 1 is 1.36 bits per heavy atom. The second-order valence-electron chi connectivity index (χ2n) is 7.43. The van der Waals surface area contributed by atoms with Crippen molar-refractivity contribution in [2.45, 2.75) is 52.2 Å². The van der Waals surface area contributed by atoms with Crippen molar-refractivity contribution >= 4 is 16.8 Å². The van der Waals surface area contributed by atoms with Crippen LogP contribution in [0.5, 0.6) is 0 Å². The Morgan fingerprint density at radius 2 is 2.11 bits per heavy atom. The third kappa shape index (κ3) is 3.30. The fourth-order valence-electron chi connectivity index (χ4n) is 3.41.